The topological polar surface area (TPSA) is 92.7 Å². The van der Waals surface area contributed by atoms with Crippen LogP contribution in [0.3, 0.4) is 0 Å². The minimum absolute atomic E-state index is 0.00387. The number of likely N-dealkylation sites (tertiary alicyclic amines) is 2. The summed E-state index contributed by atoms with van der Waals surface area (Å²) in [6.45, 7) is 3.59. The van der Waals surface area contributed by atoms with E-state index >= 15 is 0 Å². The zero-order chi connectivity index (χ0) is 23.7. The summed E-state index contributed by atoms with van der Waals surface area (Å²) in [6.07, 6.45) is 3.00. The van der Waals surface area contributed by atoms with Crippen molar-refractivity contribution in [3.8, 4) is 0 Å². The minimum atomic E-state index is -0.544. The van der Waals surface area contributed by atoms with E-state index in [1.54, 1.807) is 11.8 Å². The van der Waals surface area contributed by atoms with Crippen LogP contribution in [0, 0.1) is 0 Å². The summed E-state index contributed by atoms with van der Waals surface area (Å²) < 4.78 is 5.64. The fourth-order valence-electron chi connectivity index (χ4n) is 5.15. The Bertz CT molecular complexity index is 1140. The van der Waals surface area contributed by atoms with Crippen molar-refractivity contribution in [1.29, 1.82) is 0 Å². The lowest BCUT2D eigenvalue weighted by molar-refractivity contribution is -0.134. The highest BCUT2D eigenvalue weighted by Gasteiger charge is 2.44. The van der Waals surface area contributed by atoms with Gasteiger partial charge in [0.05, 0.1) is 12.2 Å². The molecule has 7 heteroatoms. The maximum atomic E-state index is 13.7. The molecule has 0 saturated carbocycles. The number of hydrogen-bond acceptors (Lipinski definition) is 5. The lowest BCUT2D eigenvalue weighted by atomic mass is 9.96. The van der Waals surface area contributed by atoms with Gasteiger partial charge in [-0.3, -0.25) is 9.59 Å². The molecule has 2 saturated heterocycles. The monoisotopic (exact) mass is 458 g/mol. The average molecular weight is 459 g/mol. The number of hydrogen-bond donors (Lipinski definition) is 1. The van der Waals surface area contributed by atoms with E-state index in [1.165, 1.54) is 11.8 Å². The highest BCUT2D eigenvalue weighted by atomic mass is 16.4. The Hall–Kier alpha value is -3.45. The van der Waals surface area contributed by atoms with Crippen molar-refractivity contribution in [1.82, 2.24) is 14.8 Å². The largest absolute Gasteiger partial charge is 0.436 e. The molecule has 3 aromatic rings. The molecule has 1 aromatic heterocycles. The Labute approximate surface area is 199 Å². The first kappa shape index (κ1) is 22.3. The van der Waals surface area contributed by atoms with Crippen molar-refractivity contribution in [3.05, 3.63) is 89.6 Å². The van der Waals surface area contributed by atoms with Crippen molar-refractivity contribution < 1.29 is 14.0 Å². The Kier molecular flexibility index (Phi) is 6.20. The maximum Gasteiger partial charge on any atom is 0.310 e. The highest BCUT2D eigenvalue weighted by molar-refractivity contribution is 5.95. The van der Waals surface area contributed by atoms with E-state index in [4.69, 9.17) is 10.2 Å². The molecule has 2 amide bonds. The number of nitrogens with zero attached hydrogens (tertiary/aromatic N) is 3. The Balaban J connectivity index is 1.38. The zero-order valence-corrected chi connectivity index (χ0v) is 19.3. The molecule has 5 rings (SSSR count). The minimum Gasteiger partial charge on any atom is -0.436 e. The Morgan fingerprint density at radius 3 is 2.26 bits per heavy atom. The zero-order valence-electron chi connectivity index (χ0n) is 19.3. The van der Waals surface area contributed by atoms with Gasteiger partial charge in [-0.05, 0) is 30.9 Å². The maximum absolute atomic E-state index is 13.7. The normalized spacial score (nSPS) is 23.3. The first-order valence-corrected chi connectivity index (χ1v) is 11.9. The number of nitrogens with two attached hydrogens (primary N) is 1. The van der Waals surface area contributed by atoms with Gasteiger partial charge in [-0.2, -0.15) is 0 Å². The van der Waals surface area contributed by atoms with Gasteiger partial charge in [0.2, 0.25) is 5.91 Å². The van der Waals surface area contributed by atoms with Crippen molar-refractivity contribution in [3.63, 3.8) is 0 Å². The number of aromatic nitrogens is 1. The third-order valence-electron chi connectivity index (χ3n) is 7.04. The summed E-state index contributed by atoms with van der Waals surface area (Å²) in [5.74, 6) is 0.486. The molecule has 0 radical (unpaired) electrons. The lowest BCUT2D eigenvalue weighted by Gasteiger charge is -2.27. The highest BCUT2D eigenvalue weighted by Crippen LogP contribution is 2.35. The van der Waals surface area contributed by atoms with Crippen molar-refractivity contribution >= 4 is 11.8 Å². The summed E-state index contributed by atoms with van der Waals surface area (Å²) in [6, 6.07) is 19.5. The molecule has 2 aliphatic rings. The van der Waals surface area contributed by atoms with Crippen LogP contribution in [0.5, 0.6) is 0 Å². The molecule has 3 heterocycles. The number of carbonyl (C=O) groups is 2. The Morgan fingerprint density at radius 2 is 1.65 bits per heavy atom. The molecule has 2 fully saturated rings. The first-order valence-electron chi connectivity index (χ1n) is 11.9. The van der Waals surface area contributed by atoms with Gasteiger partial charge >= 0.3 is 5.91 Å². The number of carbonyl (C=O) groups excluding carboxylic acids is 2. The summed E-state index contributed by atoms with van der Waals surface area (Å²) in [5, 5.41) is 0. The van der Waals surface area contributed by atoms with E-state index in [1.807, 2.05) is 41.3 Å². The van der Waals surface area contributed by atoms with Crippen molar-refractivity contribution in [2.24, 2.45) is 5.73 Å². The predicted octanol–water partition coefficient (Wildman–Crippen LogP) is 3.71. The van der Waals surface area contributed by atoms with Gasteiger partial charge in [0.1, 0.15) is 11.8 Å². The second-order valence-electron chi connectivity index (χ2n) is 9.35. The van der Waals surface area contributed by atoms with Crippen LogP contribution >= 0.6 is 0 Å². The fourth-order valence-corrected chi connectivity index (χ4v) is 5.15. The van der Waals surface area contributed by atoms with Gasteiger partial charge in [0.15, 0.2) is 0 Å². The van der Waals surface area contributed by atoms with E-state index < -0.39 is 6.04 Å². The molecule has 0 spiro atoms. The van der Waals surface area contributed by atoms with Gasteiger partial charge in [-0.15, -0.1) is 0 Å². The second-order valence-corrected chi connectivity index (χ2v) is 9.35. The number of amides is 2. The third-order valence-corrected chi connectivity index (χ3v) is 7.04. The number of rotatable bonds is 5. The molecular weight excluding hydrogens is 428 g/mol. The number of oxazole rings is 1. The lowest BCUT2D eigenvalue weighted by Crippen LogP contribution is -2.47. The van der Waals surface area contributed by atoms with E-state index in [-0.39, 0.29) is 29.7 Å². The second kappa shape index (κ2) is 9.43. The SMILES string of the molecule is CC(N)c1cnc(C(=O)N2CC(c3ccccc3)CC2C(=O)N2CCC(c3ccccc3)C2)o1. The van der Waals surface area contributed by atoms with Gasteiger partial charge in [0.25, 0.3) is 5.89 Å². The van der Waals surface area contributed by atoms with Crippen molar-refractivity contribution in [2.45, 2.75) is 43.7 Å². The fraction of sp³-hybridized carbons (Fsp3) is 0.370. The molecular formula is C27H30N4O3. The molecule has 2 N–H and O–H groups in total. The molecule has 34 heavy (non-hydrogen) atoms. The molecule has 7 nitrogen and oxygen atoms in total. The van der Waals surface area contributed by atoms with Crippen LogP contribution in [0.2, 0.25) is 0 Å². The predicted molar refractivity (Wildman–Crippen MR) is 128 cm³/mol. The summed E-state index contributed by atoms with van der Waals surface area (Å²) in [7, 11) is 0. The number of benzene rings is 2. The average Bonchev–Trinajstić information content (AvgIpc) is 3.64. The first-order chi connectivity index (χ1) is 16.5. The van der Waals surface area contributed by atoms with Gasteiger partial charge in [-0.1, -0.05) is 60.7 Å². The molecule has 4 unspecified atom stereocenters. The van der Waals surface area contributed by atoms with E-state index in [2.05, 4.69) is 29.2 Å². The van der Waals surface area contributed by atoms with Gasteiger partial charge < -0.3 is 20.0 Å². The molecule has 176 valence electrons. The van der Waals surface area contributed by atoms with Crippen LogP contribution in [0.25, 0.3) is 0 Å². The van der Waals surface area contributed by atoms with Crippen LogP contribution in [0.15, 0.2) is 71.3 Å². The van der Waals surface area contributed by atoms with Gasteiger partial charge in [-0.25, -0.2) is 4.98 Å². The molecule has 0 aliphatic carbocycles. The van der Waals surface area contributed by atoms with E-state index in [0.29, 0.717) is 37.7 Å². The van der Waals surface area contributed by atoms with Crippen LogP contribution in [0.1, 0.15) is 65.2 Å². The van der Waals surface area contributed by atoms with Gasteiger partial charge in [0, 0.05) is 31.5 Å². The van der Waals surface area contributed by atoms with Crippen LogP contribution in [0.4, 0.5) is 0 Å². The quantitative estimate of drug-likeness (QED) is 0.629. The van der Waals surface area contributed by atoms with E-state index in [9.17, 15) is 9.59 Å². The molecule has 4 atom stereocenters. The summed E-state index contributed by atoms with van der Waals surface area (Å²) in [4.78, 5) is 34.9. The van der Waals surface area contributed by atoms with Crippen molar-refractivity contribution in [2.75, 3.05) is 19.6 Å². The summed E-state index contributed by atoms with van der Waals surface area (Å²) >= 11 is 0. The standard InChI is InChI=1S/C27H30N4O3/c1-18(28)24-15-29-25(34-24)27(33)31-17-22(20-10-6-3-7-11-20)14-23(31)26(32)30-13-12-21(16-30)19-8-4-2-5-9-19/h2-11,15,18,21-23H,12-14,16-17,28H2,1H3. The smallest absolute Gasteiger partial charge is 0.310 e. The van der Waals surface area contributed by atoms with Crippen LogP contribution in [-0.4, -0.2) is 52.3 Å². The third kappa shape index (κ3) is 4.35. The molecule has 0 bridgehead atoms. The van der Waals surface area contributed by atoms with Crippen LogP contribution in [-0.2, 0) is 4.79 Å². The molecule has 2 aromatic carbocycles. The molecule has 2 aliphatic heterocycles. The van der Waals surface area contributed by atoms with Crippen LogP contribution < -0.4 is 5.73 Å². The Morgan fingerprint density at radius 1 is 1.00 bits per heavy atom. The summed E-state index contributed by atoms with van der Waals surface area (Å²) in [5.41, 5.74) is 8.26. The van der Waals surface area contributed by atoms with E-state index in [0.717, 1.165) is 12.0 Å².